The molecular weight excluding hydrogens is 228 g/mol. The molecule has 1 aromatic heterocycles. The molecule has 1 aromatic rings. The van der Waals surface area contributed by atoms with Crippen LogP contribution in [0.4, 0.5) is 5.82 Å². The molecule has 0 radical (unpaired) electrons. The van der Waals surface area contributed by atoms with Gasteiger partial charge in [-0.1, -0.05) is 0 Å². The molecule has 2 heterocycles. The van der Waals surface area contributed by atoms with Gasteiger partial charge < -0.3 is 10.2 Å². The third-order valence-electron chi connectivity index (χ3n) is 2.98. The highest BCUT2D eigenvalue weighted by Gasteiger charge is 2.14. The second-order valence-corrected chi connectivity index (χ2v) is 4.95. The highest BCUT2D eigenvalue weighted by molar-refractivity contribution is 5.92. The first kappa shape index (κ1) is 12.8. The van der Waals surface area contributed by atoms with Crippen molar-refractivity contribution in [2.45, 2.75) is 39.2 Å². The quantitative estimate of drug-likeness (QED) is 0.882. The topological polar surface area (TPSA) is 58.1 Å². The summed E-state index contributed by atoms with van der Waals surface area (Å²) in [5, 5.41) is 11.0. The van der Waals surface area contributed by atoms with Crippen LogP contribution in [0.3, 0.4) is 0 Å². The number of nitrogens with one attached hydrogen (secondary N) is 1. The van der Waals surface area contributed by atoms with E-state index in [9.17, 15) is 4.79 Å². The summed E-state index contributed by atoms with van der Waals surface area (Å²) < 4.78 is 0. The third-order valence-corrected chi connectivity index (χ3v) is 2.98. The lowest BCUT2D eigenvalue weighted by atomic mass is 10.1. The van der Waals surface area contributed by atoms with E-state index in [-0.39, 0.29) is 11.9 Å². The van der Waals surface area contributed by atoms with Crippen LogP contribution in [-0.4, -0.2) is 35.2 Å². The predicted molar refractivity (Wildman–Crippen MR) is 70.7 cm³/mol. The number of hydrogen-bond donors (Lipinski definition) is 1. The molecule has 0 atom stereocenters. The summed E-state index contributed by atoms with van der Waals surface area (Å²) in [5.74, 6) is 0.707. The van der Waals surface area contributed by atoms with Gasteiger partial charge in [0.25, 0.3) is 5.91 Å². The lowest BCUT2D eigenvalue weighted by molar-refractivity contribution is 0.0937. The Kier molecular flexibility index (Phi) is 4.12. The van der Waals surface area contributed by atoms with Crippen LogP contribution in [0.5, 0.6) is 0 Å². The molecule has 0 bridgehead atoms. The molecule has 1 aliphatic rings. The number of aromatic nitrogens is 2. The van der Waals surface area contributed by atoms with Crippen LogP contribution in [0.15, 0.2) is 12.1 Å². The average molecular weight is 248 g/mol. The van der Waals surface area contributed by atoms with Crippen molar-refractivity contribution in [1.29, 1.82) is 0 Å². The van der Waals surface area contributed by atoms with Gasteiger partial charge in [-0.15, -0.1) is 10.2 Å². The van der Waals surface area contributed by atoms with Crippen molar-refractivity contribution in [2.75, 3.05) is 18.0 Å². The lowest BCUT2D eigenvalue weighted by Crippen LogP contribution is -2.32. The number of amides is 1. The van der Waals surface area contributed by atoms with Gasteiger partial charge in [0.15, 0.2) is 11.5 Å². The molecule has 5 nitrogen and oxygen atoms in total. The summed E-state index contributed by atoms with van der Waals surface area (Å²) in [6.07, 6.45) is 3.70. The second kappa shape index (κ2) is 5.80. The molecule has 2 rings (SSSR count). The van der Waals surface area contributed by atoms with Crippen LogP contribution in [0, 0.1) is 0 Å². The van der Waals surface area contributed by atoms with Crippen LogP contribution in [0.1, 0.15) is 43.6 Å². The number of nitrogens with zero attached hydrogens (tertiary/aromatic N) is 3. The Morgan fingerprint density at radius 1 is 1.22 bits per heavy atom. The number of carbonyl (C=O) groups excluding carboxylic acids is 1. The van der Waals surface area contributed by atoms with Crippen molar-refractivity contribution in [3.05, 3.63) is 17.8 Å². The van der Waals surface area contributed by atoms with E-state index < -0.39 is 0 Å². The minimum atomic E-state index is -0.164. The van der Waals surface area contributed by atoms with Crippen molar-refractivity contribution in [3.63, 3.8) is 0 Å². The smallest absolute Gasteiger partial charge is 0.271 e. The zero-order valence-corrected chi connectivity index (χ0v) is 11.0. The molecular formula is C13H20N4O. The predicted octanol–water partition coefficient (Wildman–Crippen LogP) is 1.61. The third kappa shape index (κ3) is 3.18. The fourth-order valence-corrected chi connectivity index (χ4v) is 2.07. The van der Waals surface area contributed by atoms with Crippen LogP contribution in [0.25, 0.3) is 0 Å². The normalized spacial score (nSPS) is 15.8. The number of hydrogen-bond acceptors (Lipinski definition) is 4. The van der Waals surface area contributed by atoms with Gasteiger partial charge in [-0.05, 0) is 45.2 Å². The summed E-state index contributed by atoms with van der Waals surface area (Å²) in [4.78, 5) is 13.9. The molecule has 1 fully saturated rings. The van der Waals surface area contributed by atoms with E-state index in [4.69, 9.17) is 0 Å². The van der Waals surface area contributed by atoms with Crippen molar-refractivity contribution in [3.8, 4) is 0 Å². The number of piperidine rings is 1. The maximum Gasteiger partial charge on any atom is 0.271 e. The Balaban J connectivity index is 2.02. The molecule has 18 heavy (non-hydrogen) atoms. The maximum atomic E-state index is 11.7. The number of carbonyl (C=O) groups is 1. The Bertz CT molecular complexity index is 396. The summed E-state index contributed by atoms with van der Waals surface area (Å²) in [7, 11) is 0. The standard InChI is InChI=1S/C13H20N4O/c1-10(2)14-13(18)11-6-7-12(16-15-11)17-8-4-3-5-9-17/h6-7,10H,3-5,8-9H2,1-2H3,(H,14,18). The van der Waals surface area contributed by atoms with E-state index in [2.05, 4.69) is 20.4 Å². The summed E-state index contributed by atoms with van der Waals surface area (Å²) in [6.45, 7) is 5.92. The molecule has 0 saturated carbocycles. The minimum Gasteiger partial charge on any atom is -0.355 e. The van der Waals surface area contributed by atoms with E-state index in [1.807, 2.05) is 19.9 Å². The van der Waals surface area contributed by atoms with Gasteiger partial charge in [0.05, 0.1) is 0 Å². The molecule has 0 unspecified atom stereocenters. The van der Waals surface area contributed by atoms with Crippen LogP contribution in [0.2, 0.25) is 0 Å². The largest absolute Gasteiger partial charge is 0.355 e. The van der Waals surface area contributed by atoms with E-state index in [0.29, 0.717) is 5.69 Å². The van der Waals surface area contributed by atoms with Gasteiger partial charge in [0.1, 0.15) is 0 Å². The molecule has 0 aromatic carbocycles. The fourth-order valence-electron chi connectivity index (χ4n) is 2.07. The molecule has 0 aliphatic carbocycles. The van der Waals surface area contributed by atoms with Crippen molar-refractivity contribution in [2.24, 2.45) is 0 Å². The Labute approximate surface area is 108 Å². The van der Waals surface area contributed by atoms with Crippen molar-refractivity contribution >= 4 is 11.7 Å². The van der Waals surface area contributed by atoms with Gasteiger partial charge >= 0.3 is 0 Å². The minimum absolute atomic E-state index is 0.112. The van der Waals surface area contributed by atoms with E-state index in [1.165, 1.54) is 19.3 Å². The molecule has 98 valence electrons. The Hall–Kier alpha value is -1.65. The monoisotopic (exact) mass is 248 g/mol. The lowest BCUT2D eigenvalue weighted by Gasteiger charge is -2.27. The zero-order valence-electron chi connectivity index (χ0n) is 11.0. The summed E-state index contributed by atoms with van der Waals surface area (Å²) in [5.41, 5.74) is 0.379. The molecule has 0 spiro atoms. The SMILES string of the molecule is CC(C)NC(=O)c1ccc(N2CCCCC2)nn1. The van der Waals surface area contributed by atoms with Crippen molar-refractivity contribution in [1.82, 2.24) is 15.5 Å². The molecule has 1 aliphatic heterocycles. The molecule has 1 N–H and O–H groups in total. The molecule has 5 heteroatoms. The Morgan fingerprint density at radius 3 is 2.50 bits per heavy atom. The first-order valence-corrected chi connectivity index (χ1v) is 6.56. The van der Waals surface area contributed by atoms with Crippen LogP contribution in [-0.2, 0) is 0 Å². The van der Waals surface area contributed by atoms with Crippen LogP contribution < -0.4 is 10.2 Å². The first-order chi connectivity index (χ1) is 8.66. The summed E-state index contributed by atoms with van der Waals surface area (Å²) in [6, 6.07) is 3.74. The average Bonchev–Trinajstić information content (AvgIpc) is 2.39. The van der Waals surface area contributed by atoms with Gasteiger partial charge in [-0.3, -0.25) is 4.79 Å². The van der Waals surface area contributed by atoms with Gasteiger partial charge in [-0.25, -0.2) is 0 Å². The van der Waals surface area contributed by atoms with Gasteiger partial charge in [-0.2, -0.15) is 0 Å². The number of anilines is 1. The molecule has 1 amide bonds. The fraction of sp³-hybridized carbons (Fsp3) is 0.615. The molecule has 1 saturated heterocycles. The number of rotatable bonds is 3. The second-order valence-electron chi connectivity index (χ2n) is 4.95. The van der Waals surface area contributed by atoms with Crippen molar-refractivity contribution < 1.29 is 4.79 Å². The summed E-state index contributed by atoms with van der Waals surface area (Å²) >= 11 is 0. The highest BCUT2D eigenvalue weighted by Crippen LogP contribution is 2.16. The Morgan fingerprint density at radius 2 is 1.94 bits per heavy atom. The highest BCUT2D eigenvalue weighted by atomic mass is 16.2. The first-order valence-electron chi connectivity index (χ1n) is 6.56. The van der Waals surface area contributed by atoms with E-state index >= 15 is 0 Å². The van der Waals surface area contributed by atoms with Gasteiger partial charge in [0, 0.05) is 19.1 Å². The van der Waals surface area contributed by atoms with Crippen LogP contribution >= 0.6 is 0 Å². The maximum absolute atomic E-state index is 11.7. The van der Waals surface area contributed by atoms with Gasteiger partial charge in [0.2, 0.25) is 0 Å². The zero-order chi connectivity index (χ0) is 13.0. The van der Waals surface area contributed by atoms with E-state index in [0.717, 1.165) is 18.9 Å². The van der Waals surface area contributed by atoms with E-state index in [1.54, 1.807) is 6.07 Å².